The second-order valence-corrected chi connectivity index (χ2v) is 7.03. The fraction of sp³-hybridized carbons (Fsp3) is 0.667. The Kier molecular flexibility index (Phi) is 4.87. The molecule has 2 rings (SSSR count). The number of carbonyl (C=O) groups is 2. The van der Waals surface area contributed by atoms with Crippen molar-refractivity contribution >= 4 is 23.2 Å². The van der Waals surface area contributed by atoms with E-state index in [1.807, 2.05) is 26.2 Å². The minimum absolute atomic E-state index is 0.159. The van der Waals surface area contributed by atoms with Gasteiger partial charge in [0.15, 0.2) is 0 Å². The number of carbonyl (C=O) groups excluding carboxylic acids is 1. The number of rotatable bonds is 7. The van der Waals surface area contributed by atoms with Crippen LogP contribution in [-0.2, 0) is 20.7 Å². The van der Waals surface area contributed by atoms with Crippen LogP contribution in [0.4, 0.5) is 0 Å². The molecule has 2 atom stereocenters. The summed E-state index contributed by atoms with van der Waals surface area (Å²) in [5, 5.41) is 15.1. The molecule has 2 N–H and O–H groups in total. The molecule has 1 saturated carbocycles. The number of amides is 1. The van der Waals surface area contributed by atoms with Crippen LogP contribution in [-0.4, -0.2) is 40.2 Å². The standard InChI is InChI=1S/C15H22N2O4S/c1-4-21-10-9-15(13(19)20,14(10,2)3)17-11(18)5-6-12-16-7-8-22-12/h7-8,10H,4-6,9H2,1-3H3,(H,17,18)(H,19,20). The molecule has 1 aliphatic rings. The van der Waals surface area contributed by atoms with Gasteiger partial charge in [0.1, 0.15) is 5.54 Å². The van der Waals surface area contributed by atoms with Crippen LogP contribution < -0.4 is 5.32 Å². The third-order valence-electron chi connectivity index (χ3n) is 4.53. The summed E-state index contributed by atoms with van der Waals surface area (Å²) in [6, 6.07) is 0. The van der Waals surface area contributed by atoms with Crippen molar-refractivity contribution in [1.82, 2.24) is 10.3 Å². The number of carboxylic acids is 1. The predicted molar refractivity (Wildman–Crippen MR) is 82.8 cm³/mol. The maximum Gasteiger partial charge on any atom is 0.330 e. The maximum absolute atomic E-state index is 12.2. The Bertz CT molecular complexity index is 544. The molecule has 0 aliphatic heterocycles. The molecule has 1 aliphatic carbocycles. The number of aliphatic carboxylic acids is 1. The molecular formula is C15H22N2O4S. The van der Waals surface area contributed by atoms with Gasteiger partial charge in [-0.25, -0.2) is 9.78 Å². The van der Waals surface area contributed by atoms with Gasteiger partial charge in [0.25, 0.3) is 0 Å². The van der Waals surface area contributed by atoms with Crippen molar-refractivity contribution in [2.75, 3.05) is 6.61 Å². The number of hydrogen-bond donors (Lipinski definition) is 2. The molecule has 22 heavy (non-hydrogen) atoms. The number of ether oxygens (including phenoxy) is 1. The molecule has 1 amide bonds. The van der Waals surface area contributed by atoms with E-state index in [9.17, 15) is 14.7 Å². The average Bonchev–Trinajstić information content (AvgIpc) is 2.96. The van der Waals surface area contributed by atoms with Crippen LogP contribution in [0.2, 0.25) is 0 Å². The van der Waals surface area contributed by atoms with Crippen LogP contribution in [0.3, 0.4) is 0 Å². The van der Waals surface area contributed by atoms with Gasteiger partial charge >= 0.3 is 5.97 Å². The van der Waals surface area contributed by atoms with Gasteiger partial charge in [0.05, 0.1) is 11.1 Å². The summed E-state index contributed by atoms with van der Waals surface area (Å²) in [5.41, 5.74) is -1.90. The van der Waals surface area contributed by atoms with Crippen LogP contribution in [0, 0.1) is 5.41 Å². The lowest BCUT2D eigenvalue weighted by atomic mass is 9.54. The summed E-state index contributed by atoms with van der Waals surface area (Å²) >= 11 is 1.49. The molecule has 0 aromatic carbocycles. The van der Waals surface area contributed by atoms with Gasteiger partial charge in [-0.1, -0.05) is 13.8 Å². The molecule has 0 radical (unpaired) electrons. The smallest absolute Gasteiger partial charge is 0.330 e. The summed E-state index contributed by atoms with van der Waals surface area (Å²) in [4.78, 5) is 28.0. The van der Waals surface area contributed by atoms with Crippen molar-refractivity contribution in [3.63, 3.8) is 0 Å². The monoisotopic (exact) mass is 326 g/mol. The molecule has 1 aromatic heterocycles. The average molecular weight is 326 g/mol. The third kappa shape index (κ3) is 2.87. The van der Waals surface area contributed by atoms with E-state index in [2.05, 4.69) is 10.3 Å². The summed E-state index contributed by atoms with van der Waals surface area (Å²) in [7, 11) is 0. The molecule has 122 valence electrons. The lowest BCUT2D eigenvalue weighted by Crippen LogP contribution is -2.76. The first-order valence-corrected chi connectivity index (χ1v) is 8.26. The van der Waals surface area contributed by atoms with Gasteiger partial charge in [-0.2, -0.15) is 0 Å². The fourth-order valence-corrected chi connectivity index (χ4v) is 3.55. The van der Waals surface area contributed by atoms with Gasteiger partial charge in [-0.15, -0.1) is 11.3 Å². The topological polar surface area (TPSA) is 88.5 Å². The molecule has 1 aromatic rings. The van der Waals surface area contributed by atoms with E-state index < -0.39 is 16.9 Å². The van der Waals surface area contributed by atoms with E-state index >= 15 is 0 Å². The highest BCUT2D eigenvalue weighted by atomic mass is 32.1. The largest absolute Gasteiger partial charge is 0.479 e. The van der Waals surface area contributed by atoms with Crippen LogP contribution in [0.25, 0.3) is 0 Å². The van der Waals surface area contributed by atoms with Gasteiger partial charge in [0.2, 0.25) is 5.91 Å². The first kappa shape index (κ1) is 16.9. The minimum Gasteiger partial charge on any atom is -0.479 e. The van der Waals surface area contributed by atoms with Crippen molar-refractivity contribution < 1.29 is 19.4 Å². The van der Waals surface area contributed by atoms with E-state index in [0.29, 0.717) is 19.4 Å². The fourth-order valence-electron chi connectivity index (χ4n) is 2.93. The number of nitrogens with one attached hydrogen (secondary N) is 1. The zero-order valence-electron chi connectivity index (χ0n) is 13.1. The molecule has 6 nitrogen and oxygen atoms in total. The van der Waals surface area contributed by atoms with E-state index in [4.69, 9.17) is 4.74 Å². The number of thiazole rings is 1. The number of aryl methyl sites for hydroxylation is 1. The van der Waals surface area contributed by atoms with Crippen molar-refractivity contribution in [3.8, 4) is 0 Å². The number of hydrogen-bond acceptors (Lipinski definition) is 5. The summed E-state index contributed by atoms with van der Waals surface area (Å²) in [6.45, 7) is 6.06. The molecule has 0 bridgehead atoms. The van der Waals surface area contributed by atoms with Crippen LogP contribution in [0.1, 0.15) is 38.6 Å². The summed E-state index contributed by atoms with van der Waals surface area (Å²) in [6.07, 6.45) is 2.59. The number of aromatic nitrogens is 1. The van der Waals surface area contributed by atoms with Gasteiger partial charge < -0.3 is 15.2 Å². The zero-order chi connectivity index (χ0) is 16.4. The first-order chi connectivity index (χ1) is 10.3. The van der Waals surface area contributed by atoms with Gasteiger partial charge in [0, 0.05) is 42.9 Å². The van der Waals surface area contributed by atoms with Crippen LogP contribution >= 0.6 is 11.3 Å². The van der Waals surface area contributed by atoms with Crippen LogP contribution in [0.5, 0.6) is 0 Å². The normalized spacial score (nSPS) is 26.2. The highest BCUT2D eigenvalue weighted by Crippen LogP contribution is 2.51. The quantitative estimate of drug-likeness (QED) is 0.798. The van der Waals surface area contributed by atoms with Crippen molar-refractivity contribution in [3.05, 3.63) is 16.6 Å². The maximum atomic E-state index is 12.2. The van der Waals surface area contributed by atoms with Crippen molar-refractivity contribution in [2.45, 2.75) is 51.7 Å². The Morgan fingerprint density at radius 2 is 2.27 bits per heavy atom. The third-order valence-corrected chi connectivity index (χ3v) is 5.37. The lowest BCUT2D eigenvalue weighted by Gasteiger charge is -2.58. The summed E-state index contributed by atoms with van der Waals surface area (Å²) in [5.74, 6) is -1.27. The molecule has 1 heterocycles. The van der Waals surface area contributed by atoms with Gasteiger partial charge in [-0.3, -0.25) is 4.79 Å². The van der Waals surface area contributed by atoms with E-state index in [-0.39, 0.29) is 18.4 Å². The number of nitrogens with zero attached hydrogens (tertiary/aromatic N) is 1. The lowest BCUT2D eigenvalue weighted by molar-refractivity contribution is -0.194. The van der Waals surface area contributed by atoms with E-state index in [1.165, 1.54) is 11.3 Å². The highest BCUT2D eigenvalue weighted by molar-refractivity contribution is 7.09. The van der Waals surface area contributed by atoms with E-state index in [0.717, 1.165) is 5.01 Å². The Hall–Kier alpha value is -1.47. The Labute approximate surface area is 133 Å². The molecule has 2 unspecified atom stereocenters. The molecule has 0 spiro atoms. The van der Waals surface area contributed by atoms with Crippen molar-refractivity contribution in [1.29, 1.82) is 0 Å². The zero-order valence-corrected chi connectivity index (χ0v) is 13.9. The first-order valence-electron chi connectivity index (χ1n) is 7.38. The molecule has 7 heteroatoms. The van der Waals surface area contributed by atoms with Gasteiger partial charge in [-0.05, 0) is 6.92 Å². The molecule has 1 fully saturated rings. The molecule has 0 saturated heterocycles. The second-order valence-electron chi connectivity index (χ2n) is 6.05. The second kappa shape index (κ2) is 6.34. The van der Waals surface area contributed by atoms with Crippen LogP contribution in [0.15, 0.2) is 11.6 Å². The Morgan fingerprint density at radius 1 is 1.55 bits per heavy atom. The van der Waals surface area contributed by atoms with E-state index in [1.54, 1.807) is 6.20 Å². The summed E-state index contributed by atoms with van der Waals surface area (Å²) < 4.78 is 5.58. The Morgan fingerprint density at radius 3 is 2.77 bits per heavy atom. The number of carboxylic acid groups (broad SMARTS) is 1. The van der Waals surface area contributed by atoms with Crippen molar-refractivity contribution in [2.24, 2.45) is 5.41 Å². The Balaban J connectivity index is 2.01. The highest BCUT2D eigenvalue weighted by Gasteiger charge is 2.66. The SMILES string of the molecule is CCOC1CC(NC(=O)CCc2nccs2)(C(=O)O)C1(C)C. The molecular weight excluding hydrogens is 304 g/mol. The predicted octanol–water partition coefficient (Wildman–Crippen LogP) is 1.85. The minimum atomic E-state index is -1.26.